The zero-order valence-corrected chi connectivity index (χ0v) is 18.6. The first-order valence-corrected chi connectivity index (χ1v) is 11.2. The minimum absolute atomic E-state index is 0.0836. The van der Waals surface area contributed by atoms with E-state index in [1.165, 1.54) is 48.5 Å². The maximum atomic E-state index is 15.6. The molecule has 0 bridgehead atoms. The number of nitrogens with zero attached hydrogens (tertiary/aromatic N) is 1. The Morgan fingerprint density at radius 2 is 1.68 bits per heavy atom. The maximum Gasteiger partial charge on any atom is 0.339 e. The quantitative estimate of drug-likeness (QED) is 0.137. The van der Waals surface area contributed by atoms with Crippen LogP contribution >= 0.6 is 0 Å². The number of phenols is 1. The summed E-state index contributed by atoms with van der Waals surface area (Å²) in [7, 11) is -4.62. The Kier molecular flexibility index (Phi) is 6.87. The molecule has 0 fully saturated rings. The first-order valence-electron chi connectivity index (χ1n) is 9.79. The fraction of sp³-hybridized carbons (Fsp3) is 0.130. The molecule has 0 aliphatic heterocycles. The highest BCUT2D eigenvalue weighted by Crippen LogP contribution is 2.42. The van der Waals surface area contributed by atoms with E-state index < -0.39 is 32.8 Å². The van der Waals surface area contributed by atoms with Gasteiger partial charge in [-0.2, -0.15) is 17.2 Å². The van der Waals surface area contributed by atoms with Crippen molar-refractivity contribution < 1.29 is 31.4 Å². The van der Waals surface area contributed by atoms with Crippen LogP contribution in [0.1, 0.15) is 17.2 Å². The van der Waals surface area contributed by atoms with Crippen LogP contribution in [0.5, 0.6) is 5.75 Å². The molecule has 11 heteroatoms. The summed E-state index contributed by atoms with van der Waals surface area (Å²) in [6, 6.07) is 13.2. The molecule has 3 rings (SSSR count). The third-order valence-electron chi connectivity index (χ3n) is 4.90. The lowest BCUT2D eigenvalue weighted by atomic mass is 9.98. The van der Waals surface area contributed by atoms with Crippen LogP contribution in [0.15, 0.2) is 90.0 Å². The number of nitro benzene ring substituents is 1. The van der Waals surface area contributed by atoms with Crippen molar-refractivity contribution in [2.24, 2.45) is 0 Å². The summed E-state index contributed by atoms with van der Waals surface area (Å²) in [5.41, 5.74) is 0.203. The van der Waals surface area contributed by atoms with Gasteiger partial charge in [0.2, 0.25) is 0 Å². The van der Waals surface area contributed by atoms with Crippen LogP contribution in [0.2, 0.25) is 0 Å². The molecule has 8 nitrogen and oxygen atoms in total. The van der Waals surface area contributed by atoms with Gasteiger partial charge in [-0.3, -0.25) is 10.1 Å². The number of halogens is 2. The van der Waals surface area contributed by atoms with Crippen molar-refractivity contribution in [2.45, 2.75) is 23.8 Å². The molecule has 0 spiro atoms. The number of rotatable bonds is 9. The monoisotopic (exact) mass is 490 g/mol. The molecule has 2 N–H and O–H groups in total. The van der Waals surface area contributed by atoms with Gasteiger partial charge in [0, 0.05) is 12.1 Å². The lowest BCUT2D eigenvalue weighted by Crippen LogP contribution is -2.35. The molecule has 3 aromatic carbocycles. The highest BCUT2D eigenvalue weighted by Gasteiger charge is 2.47. The Hall–Kier alpha value is -3.99. The second-order valence-electron chi connectivity index (χ2n) is 7.34. The summed E-state index contributed by atoms with van der Waals surface area (Å²) in [4.78, 5) is 9.91. The van der Waals surface area contributed by atoms with Crippen molar-refractivity contribution in [2.75, 3.05) is 5.32 Å². The second-order valence-corrected chi connectivity index (χ2v) is 8.89. The van der Waals surface area contributed by atoms with E-state index >= 15 is 8.78 Å². The first-order chi connectivity index (χ1) is 15.9. The predicted molar refractivity (Wildman–Crippen MR) is 121 cm³/mol. The number of phenolic OH excluding ortho intramolecular Hbond substituents is 1. The number of anilines is 1. The van der Waals surface area contributed by atoms with E-state index in [9.17, 15) is 23.6 Å². The minimum Gasteiger partial charge on any atom is -0.506 e. The van der Waals surface area contributed by atoms with Gasteiger partial charge in [0.25, 0.3) is 5.69 Å². The van der Waals surface area contributed by atoms with Crippen molar-refractivity contribution >= 4 is 21.5 Å². The fourth-order valence-electron chi connectivity index (χ4n) is 3.02. The molecule has 0 heterocycles. The van der Waals surface area contributed by atoms with E-state index in [1.54, 1.807) is 6.92 Å². The summed E-state index contributed by atoms with van der Waals surface area (Å²) in [5.74, 6) is -5.76. The lowest BCUT2D eigenvalue weighted by molar-refractivity contribution is -0.384. The zero-order chi connectivity index (χ0) is 25.1. The van der Waals surface area contributed by atoms with Gasteiger partial charge in [-0.25, -0.2) is 0 Å². The van der Waals surface area contributed by atoms with E-state index in [2.05, 4.69) is 16.1 Å². The first kappa shape index (κ1) is 24.6. The molecule has 178 valence electrons. The highest BCUT2D eigenvalue weighted by atomic mass is 32.2. The number of aromatic hydroxyl groups is 1. The minimum atomic E-state index is -4.62. The molecular weight excluding hydrogens is 470 g/mol. The van der Waals surface area contributed by atoms with Crippen LogP contribution < -0.4 is 5.32 Å². The standard InChI is InChI=1S/C23H20F2N2O6S/c1-15-7-13-19(14-8-15)34(31,32)33-16(2)23(24,25)22(26-20-5-3-4-6-21(20)28)17-9-11-18(12-10-17)27(29)30/h3-14,22,26,28H,2H2,1H3/t22-/m0/s1. The number of para-hydroxylation sites is 2. The number of benzene rings is 3. The van der Waals surface area contributed by atoms with E-state index in [0.717, 1.165) is 29.8 Å². The van der Waals surface area contributed by atoms with E-state index in [0.29, 0.717) is 0 Å². The number of non-ortho nitro benzene ring substituents is 1. The molecule has 34 heavy (non-hydrogen) atoms. The molecule has 0 amide bonds. The van der Waals surface area contributed by atoms with E-state index in [1.807, 2.05) is 0 Å². The Morgan fingerprint density at radius 1 is 1.09 bits per heavy atom. The van der Waals surface area contributed by atoms with Gasteiger partial charge in [0.15, 0.2) is 5.76 Å². The molecule has 0 saturated carbocycles. The molecular formula is C23H20F2N2O6S. The number of aryl methyl sites for hydroxylation is 1. The number of hydrogen-bond acceptors (Lipinski definition) is 7. The SMILES string of the molecule is C=C(OS(=O)(=O)c1ccc(C)cc1)C(F)(F)[C@@H](Nc1ccccc1O)c1ccc([N+](=O)[O-])cc1. The van der Waals surface area contributed by atoms with Crippen molar-refractivity contribution in [3.05, 3.63) is 106 Å². The molecule has 3 aromatic rings. The van der Waals surface area contributed by atoms with Gasteiger partial charge >= 0.3 is 16.0 Å². The van der Waals surface area contributed by atoms with E-state index in [4.69, 9.17) is 0 Å². The van der Waals surface area contributed by atoms with Gasteiger partial charge in [-0.15, -0.1) is 0 Å². The van der Waals surface area contributed by atoms with Gasteiger partial charge in [0.1, 0.15) is 16.7 Å². The van der Waals surface area contributed by atoms with Crippen LogP contribution in [0.25, 0.3) is 0 Å². The zero-order valence-electron chi connectivity index (χ0n) is 17.8. The van der Waals surface area contributed by atoms with Crippen molar-refractivity contribution in [1.82, 2.24) is 0 Å². The molecule has 0 aliphatic carbocycles. The lowest BCUT2D eigenvalue weighted by Gasteiger charge is -2.30. The number of nitro groups is 1. The van der Waals surface area contributed by atoms with Gasteiger partial charge in [-0.1, -0.05) is 36.4 Å². The molecule has 0 aliphatic rings. The summed E-state index contributed by atoms with van der Waals surface area (Å²) >= 11 is 0. The average molecular weight is 490 g/mol. The van der Waals surface area contributed by atoms with Crippen LogP contribution in [0, 0.1) is 17.0 Å². The van der Waals surface area contributed by atoms with Crippen LogP contribution in [-0.2, 0) is 14.3 Å². The third kappa shape index (κ3) is 5.31. The number of nitrogens with one attached hydrogen (secondary N) is 1. The fourth-order valence-corrected chi connectivity index (χ4v) is 3.97. The largest absolute Gasteiger partial charge is 0.506 e. The summed E-state index contributed by atoms with van der Waals surface area (Å²) in [5, 5.41) is 23.4. The molecule has 0 unspecified atom stereocenters. The van der Waals surface area contributed by atoms with Gasteiger partial charge in [-0.05, 0) is 48.9 Å². The highest BCUT2D eigenvalue weighted by molar-refractivity contribution is 7.86. The molecule has 0 saturated heterocycles. The number of alkyl halides is 2. The maximum absolute atomic E-state index is 15.6. The predicted octanol–water partition coefficient (Wildman–Crippen LogP) is 5.32. The molecule has 1 atom stereocenters. The normalized spacial score (nSPS) is 12.6. The van der Waals surface area contributed by atoms with Crippen molar-refractivity contribution in [3.63, 3.8) is 0 Å². The van der Waals surface area contributed by atoms with Crippen LogP contribution in [-0.4, -0.2) is 24.4 Å². The van der Waals surface area contributed by atoms with Gasteiger partial charge in [0.05, 0.1) is 10.6 Å². The Balaban J connectivity index is 1.98. The van der Waals surface area contributed by atoms with Crippen LogP contribution in [0.4, 0.5) is 20.2 Å². The van der Waals surface area contributed by atoms with E-state index in [-0.39, 0.29) is 27.6 Å². The Morgan fingerprint density at radius 3 is 2.24 bits per heavy atom. The number of hydrogen-bond donors (Lipinski definition) is 2. The smallest absolute Gasteiger partial charge is 0.339 e. The van der Waals surface area contributed by atoms with Crippen molar-refractivity contribution in [1.29, 1.82) is 0 Å². The summed E-state index contributed by atoms with van der Waals surface area (Å²) in [6.45, 7) is 4.87. The topological polar surface area (TPSA) is 119 Å². The summed E-state index contributed by atoms with van der Waals surface area (Å²) in [6.07, 6.45) is 0. The molecule has 0 aromatic heterocycles. The third-order valence-corrected chi connectivity index (χ3v) is 6.17. The molecule has 0 radical (unpaired) electrons. The summed E-state index contributed by atoms with van der Waals surface area (Å²) < 4.78 is 60.9. The Bertz CT molecular complexity index is 1310. The van der Waals surface area contributed by atoms with Gasteiger partial charge < -0.3 is 14.6 Å². The van der Waals surface area contributed by atoms with Crippen LogP contribution in [0.3, 0.4) is 0 Å². The second kappa shape index (κ2) is 9.48. The average Bonchev–Trinajstić information content (AvgIpc) is 2.78. The van der Waals surface area contributed by atoms with Crippen molar-refractivity contribution in [3.8, 4) is 5.75 Å². The Labute approximate surface area is 194 Å².